The zero-order valence-corrected chi connectivity index (χ0v) is 16.9. The van der Waals surface area contributed by atoms with Crippen LogP contribution in [0, 0.1) is 5.92 Å². The Hall–Kier alpha value is -3.65. The first kappa shape index (κ1) is 19.3. The molecule has 4 aromatic rings. The number of likely N-dealkylation sites (tertiary alicyclic amines) is 1. The minimum Gasteiger partial charge on any atom is -0.391 e. The lowest BCUT2D eigenvalue weighted by Crippen LogP contribution is -2.29. The van der Waals surface area contributed by atoms with Gasteiger partial charge in [0.1, 0.15) is 5.52 Å². The number of carbonyl (C=O) groups is 1. The third-order valence-electron chi connectivity index (χ3n) is 5.68. The first-order valence-corrected chi connectivity index (χ1v) is 10.2. The molecule has 1 amide bonds. The molecule has 3 aromatic heterocycles. The molecule has 0 spiro atoms. The van der Waals surface area contributed by atoms with Crippen molar-refractivity contribution in [1.29, 1.82) is 0 Å². The second-order valence-corrected chi connectivity index (χ2v) is 7.86. The van der Waals surface area contributed by atoms with Gasteiger partial charge in [0.05, 0.1) is 30.2 Å². The van der Waals surface area contributed by atoms with Crippen molar-refractivity contribution in [3.05, 3.63) is 84.3 Å². The van der Waals surface area contributed by atoms with Gasteiger partial charge in [0.25, 0.3) is 5.91 Å². The molecule has 0 aliphatic carbocycles. The monoisotopic (exact) mass is 414 g/mol. The number of nitrogens with zero attached hydrogens (tertiary/aromatic N) is 6. The summed E-state index contributed by atoms with van der Waals surface area (Å²) in [6.45, 7) is 1.43. The van der Waals surface area contributed by atoms with E-state index in [1.165, 1.54) is 0 Å². The highest BCUT2D eigenvalue weighted by Crippen LogP contribution is 2.23. The number of aromatic nitrogens is 5. The summed E-state index contributed by atoms with van der Waals surface area (Å²) in [5.74, 6) is -0.213. The van der Waals surface area contributed by atoms with Gasteiger partial charge in [0.15, 0.2) is 5.65 Å². The van der Waals surface area contributed by atoms with Crippen molar-refractivity contribution in [1.82, 2.24) is 29.4 Å². The van der Waals surface area contributed by atoms with Gasteiger partial charge in [-0.2, -0.15) is 0 Å². The molecule has 0 unspecified atom stereocenters. The van der Waals surface area contributed by atoms with Gasteiger partial charge in [-0.25, -0.2) is 9.97 Å². The molecule has 1 N–H and O–H groups in total. The lowest BCUT2D eigenvalue weighted by atomic mass is 10.0. The number of imidazole rings is 1. The van der Waals surface area contributed by atoms with E-state index in [0.29, 0.717) is 37.1 Å². The third kappa shape index (κ3) is 4.02. The summed E-state index contributed by atoms with van der Waals surface area (Å²) >= 11 is 0. The van der Waals surface area contributed by atoms with Crippen LogP contribution in [0.4, 0.5) is 0 Å². The van der Waals surface area contributed by atoms with Gasteiger partial charge < -0.3 is 14.6 Å². The summed E-state index contributed by atoms with van der Waals surface area (Å²) < 4.78 is 1.97. The van der Waals surface area contributed by atoms with E-state index in [-0.39, 0.29) is 11.8 Å². The van der Waals surface area contributed by atoms with Crippen LogP contribution in [0.25, 0.3) is 11.2 Å². The van der Waals surface area contributed by atoms with Crippen molar-refractivity contribution in [2.24, 2.45) is 5.92 Å². The number of rotatable bonds is 5. The number of pyridine rings is 1. The minimum atomic E-state index is -0.590. The van der Waals surface area contributed by atoms with E-state index in [1.54, 1.807) is 42.1 Å². The van der Waals surface area contributed by atoms with Gasteiger partial charge >= 0.3 is 0 Å². The summed E-state index contributed by atoms with van der Waals surface area (Å²) in [5.41, 5.74) is 3.86. The molecule has 1 aromatic carbocycles. The molecular weight excluding hydrogens is 392 g/mol. The van der Waals surface area contributed by atoms with Crippen LogP contribution in [0.3, 0.4) is 0 Å². The molecule has 1 aliphatic rings. The quantitative estimate of drug-likeness (QED) is 0.536. The van der Waals surface area contributed by atoms with E-state index < -0.39 is 6.10 Å². The predicted molar refractivity (Wildman–Crippen MR) is 114 cm³/mol. The van der Waals surface area contributed by atoms with Gasteiger partial charge in [-0.15, -0.1) is 0 Å². The van der Waals surface area contributed by atoms with E-state index in [1.807, 2.05) is 22.8 Å². The largest absolute Gasteiger partial charge is 0.391 e. The molecule has 156 valence electrons. The van der Waals surface area contributed by atoms with E-state index in [2.05, 4.69) is 32.1 Å². The Bertz CT molecular complexity index is 1190. The van der Waals surface area contributed by atoms with Gasteiger partial charge in [0.2, 0.25) is 0 Å². The van der Waals surface area contributed by atoms with Crippen molar-refractivity contribution < 1.29 is 9.90 Å². The van der Waals surface area contributed by atoms with Crippen molar-refractivity contribution in [3.63, 3.8) is 0 Å². The van der Waals surface area contributed by atoms with Gasteiger partial charge in [-0.1, -0.05) is 30.3 Å². The summed E-state index contributed by atoms with van der Waals surface area (Å²) in [7, 11) is 0. The maximum Gasteiger partial charge on any atom is 0.255 e. The first-order valence-electron chi connectivity index (χ1n) is 10.2. The maximum atomic E-state index is 13.0. The lowest BCUT2D eigenvalue weighted by Gasteiger charge is -2.16. The number of benzene rings is 1. The second kappa shape index (κ2) is 8.23. The highest BCUT2D eigenvalue weighted by atomic mass is 16.3. The summed E-state index contributed by atoms with van der Waals surface area (Å²) in [6.07, 6.45) is 8.28. The normalized spacial score (nSPS) is 18.5. The molecule has 0 bridgehead atoms. The van der Waals surface area contributed by atoms with E-state index in [0.717, 1.165) is 16.9 Å². The Morgan fingerprint density at radius 2 is 1.94 bits per heavy atom. The van der Waals surface area contributed by atoms with Crippen LogP contribution in [-0.4, -0.2) is 59.6 Å². The van der Waals surface area contributed by atoms with E-state index in [4.69, 9.17) is 0 Å². The number of hydrogen-bond acceptors (Lipinski definition) is 6. The highest BCUT2D eigenvalue weighted by Gasteiger charge is 2.34. The van der Waals surface area contributed by atoms with Crippen LogP contribution in [0.5, 0.6) is 0 Å². The predicted octanol–water partition coefficient (Wildman–Crippen LogP) is 1.95. The van der Waals surface area contributed by atoms with Crippen molar-refractivity contribution in [2.75, 3.05) is 13.1 Å². The molecule has 1 saturated heterocycles. The summed E-state index contributed by atoms with van der Waals surface area (Å²) in [4.78, 5) is 32.0. The van der Waals surface area contributed by atoms with Crippen molar-refractivity contribution in [2.45, 2.75) is 19.1 Å². The van der Waals surface area contributed by atoms with Gasteiger partial charge in [-0.05, 0) is 18.1 Å². The standard InChI is InChI=1S/C23H22N6O2/c30-21-14-28(13-18(21)8-19-11-24-6-7-25-19)23(31)17-9-20-22(26-10-17)29(15-27-20)12-16-4-2-1-3-5-16/h1-7,9-11,15,18,21,30H,8,12-14H2/t18-,21-/m1/s1. The zero-order chi connectivity index (χ0) is 21.2. The van der Waals surface area contributed by atoms with Crippen LogP contribution in [0.1, 0.15) is 21.6 Å². The molecule has 5 rings (SSSR count). The fourth-order valence-electron chi connectivity index (χ4n) is 4.07. The Labute approximate surface area is 179 Å². The van der Waals surface area contributed by atoms with Gasteiger partial charge in [0, 0.05) is 43.8 Å². The molecule has 2 atom stereocenters. The number of β-amino-alcohol motifs (C(OH)–C–C–N with tert-alkyl or cyclic N) is 1. The first-order chi connectivity index (χ1) is 15.2. The maximum absolute atomic E-state index is 13.0. The van der Waals surface area contributed by atoms with E-state index >= 15 is 0 Å². The SMILES string of the molecule is O=C(c1cnc2c(c1)ncn2Cc1ccccc1)N1C[C@@H](Cc2cnccn2)[C@H](O)C1. The molecular formula is C23H22N6O2. The topological polar surface area (TPSA) is 97.0 Å². The average molecular weight is 414 g/mol. The molecule has 0 radical (unpaired) electrons. The molecule has 4 heterocycles. The number of aliphatic hydroxyl groups excluding tert-OH is 1. The van der Waals surface area contributed by atoms with Gasteiger partial charge in [-0.3, -0.25) is 14.8 Å². The fourth-order valence-corrected chi connectivity index (χ4v) is 4.07. The molecule has 1 fully saturated rings. The molecule has 8 nitrogen and oxygen atoms in total. The number of fused-ring (bicyclic) bond motifs is 1. The highest BCUT2D eigenvalue weighted by molar-refractivity contribution is 5.96. The average Bonchev–Trinajstić information content (AvgIpc) is 3.37. The van der Waals surface area contributed by atoms with Crippen LogP contribution < -0.4 is 0 Å². The Balaban J connectivity index is 1.31. The number of hydrogen-bond donors (Lipinski definition) is 1. The van der Waals surface area contributed by atoms with Crippen LogP contribution >= 0.6 is 0 Å². The molecule has 8 heteroatoms. The lowest BCUT2D eigenvalue weighted by molar-refractivity contribution is 0.0764. The van der Waals surface area contributed by atoms with Crippen LogP contribution in [0.15, 0.2) is 67.5 Å². The molecule has 0 saturated carbocycles. The number of carbonyl (C=O) groups excluding carboxylic acids is 1. The van der Waals surface area contributed by atoms with Crippen molar-refractivity contribution in [3.8, 4) is 0 Å². The Kier molecular flexibility index (Phi) is 5.13. The fraction of sp³-hybridized carbons (Fsp3) is 0.261. The zero-order valence-electron chi connectivity index (χ0n) is 16.9. The second-order valence-electron chi connectivity index (χ2n) is 7.86. The Morgan fingerprint density at radius 1 is 1.06 bits per heavy atom. The molecule has 1 aliphatic heterocycles. The van der Waals surface area contributed by atoms with Crippen LogP contribution in [-0.2, 0) is 13.0 Å². The summed E-state index contributed by atoms with van der Waals surface area (Å²) in [5, 5.41) is 10.5. The third-order valence-corrected chi connectivity index (χ3v) is 5.68. The minimum absolute atomic E-state index is 0.0672. The van der Waals surface area contributed by atoms with Crippen molar-refractivity contribution >= 4 is 17.1 Å². The number of aliphatic hydroxyl groups is 1. The molecule has 31 heavy (non-hydrogen) atoms. The van der Waals surface area contributed by atoms with Crippen LogP contribution in [0.2, 0.25) is 0 Å². The van der Waals surface area contributed by atoms with E-state index in [9.17, 15) is 9.90 Å². The number of amides is 1. The Morgan fingerprint density at radius 3 is 2.74 bits per heavy atom. The smallest absolute Gasteiger partial charge is 0.255 e. The summed E-state index contributed by atoms with van der Waals surface area (Å²) in [6, 6.07) is 11.9.